The molecular formula is C40H48F2N2O5. The Bertz CT molecular complexity index is 1510. The highest BCUT2D eigenvalue weighted by Crippen LogP contribution is 2.29. The van der Waals surface area contributed by atoms with Crippen LogP contribution in [0, 0.1) is 11.6 Å². The zero-order valence-corrected chi connectivity index (χ0v) is 28.5. The molecular weight excluding hydrogens is 626 g/mol. The quantitative estimate of drug-likeness (QED) is 0.0782. The number of rotatable bonds is 21. The first-order valence-corrected chi connectivity index (χ1v) is 16.7. The Balaban J connectivity index is 1.62. The van der Waals surface area contributed by atoms with E-state index in [1.54, 1.807) is 6.92 Å². The minimum Gasteiger partial charge on any atom is -0.462 e. The van der Waals surface area contributed by atoms with Gasteiger partial charge in [-0.2, -0.15) is 0 Å². The van der Waals surface area contributed by atoms with Crippen molar-refractivity contribution in [2.45, 2.75) is 65.2 Å². The van der Waals surface area contributed by atoms with Gasteiger partial charge in [0.05, 0.1) is 6.61 Å². The molecule has 7 nitrogen and oxygen atoms in total. The van der Waals surface area contributed by atoms with Crippen molar-refractivity contribution in [2.75, 3.05) is 19.7 Å². The number of benzene rings is 2. The van der Waals surface area contributed by atoms with Crippen LogP contribution in [-0.2, 0) is 9.53 Å². The summed E-state index contributed by atoms with van der Waals surface area (Å²) in [6.45, 7) is 4.10. The molecule has 0 spiro atoms. The van der Waals surface area contributed by atoms with E-state index in [-0.39, 0.29) is 48.0 Å². The molecule has 9 heteroatoms. The van der Waals surface area contributed by atoms with E-state index >= 15 is 0 Å². The predicted molar refractivity (Wildman–Crippen MR) is 192 cm³/mol. The molecule has 2 aromatic carbocycles. The summed E-state index contributed by atoms with van der Waals surface area (Å²) in [6, 6.07) is 7.18. The Labute approximate surface area is 289 Å². The molecule has 0 aromatic heterocycles. The van der Waals surface area contributed by atoms with Crippen molar-refractivity contribution in [3.63, 3.8) is 0 Å². The van der Waals surface area contributed by atoms with Crippen LogP contribution in [0.5, 0.6) is 5.75 Å². The van der Waals surface area contributed by atoms with E-state index in [0.29, 0.717) is 12.8 Å². The van der Waals surface area contributed by atoms with Crippen LogP contribution in [0.3, 0.4) is 0 Å². The van der Waals surface area contributed by atoms with Crippen LogP contribution in [0.25, 0.3) is 11.1 Å². The SMILES string of the molecule is CCC=CCC=CCC=CCC=CCC=CCC=CCCC(=O)NCCNC(=O)Oc1ccc(-c2ccc(F)cc2F)cc1C(=O)OCC. The summed E-state index contributed by atoms with van der Waals surface area (Å²) >= 11 is 0. The van der Waals surface area contributed by atoms with Gasteiger partial charge in [0.15, 0.2) is 0 Å². The molecule has 0 atom stereocenters. The van der Waals surface area contributed by atoms with Crippen LogP contribution in [0.2, 0.25) is 0 Å². The van der Waals surface area contributed by atoms with Crippen molar-refractivity contribution >= 4 is 18.0 Å². The summed E-state index contributed by atoms with van der Waals surface area (Å²) in [5, 5.41) is 5.24. The van der Waals surface area contributed by atoms with Gasteiger partial charge >= 0.3 is 12.1 Å². The van der Waals surface area contributed by atoms with Crippen molar-refractivity contribution in [3.05, 3.63) is 127 Å². The topological polar surface area (TPSA) is 93.7 Å². The monoisotopic (exact) mass is 674 g/mol. The second kappa shape index (κ2) is 25.0. The van der Waals surface area contributed by atoms with Crippen LogP contribution in [-0.4, -0.2) is 37.7 Å². The minimum absolute atomic E-state index is 0.0688. The van der Waals surface area contributed by atoms with Crippen molar-refractivity contribution in [1.29, 1.82) is 0 Å². The van der Waals surface area contributed by atoms with Gasteiger partial charge in [0, 0.05) is 31.1 Å². The van der Waals surface area contributed by atoms with Crippen molar-refractivity contribution in [2.24, 2.45) is 0 Å². The van der Waals surface area contributed by atoms with E-state index in [2.05, 4.69) is 78.3 Å². The van der Waals surface area contributed by atoms with Crippen LogP contribution in [0.1, 0.15) is 75.6 Å². The number of allylic oxidation sites excluding steroid dienone is 12. The lowest BCUT2D eigenvalue weighted by atomic mass is 10.0. The van der Waals surface area contributed by atoms with Crippen LogP contribution >= 0.6 is 0 Å². The lowest BCUT2D eigenvalue weighted by molar-refractivity contribution is -0.120. The third-order valence-electron chi connectivity index (χ3n) is 6.77. The zero-order chi connectivity index (χ0) is 35.5. The third-order valence-corrected chi connectivity index (χ3v) is 6.77. The average molecular weight is 675 g/mol. The molecule has 0 heterocycles. The van der Waals surface area contributed by atoms with E-state index in [1.807, 2.05) is 12.2 Å². The zero-order valence-electron chi connectivity index (χ0n) is 28.5. The van der Waals surface area contributed by atoms with Crippen LogP contribution < -0.4 is 15.4 Å². The molecule has 0 radical (unpaired) electrons. The first-order valence-electron chi connectivity index (χ1n) is 16.7. The molecule has 0 bridgehead atoms. The number of halogens is 2. The predicted octanol–water partition coefficient (Wildman–Crippen LogP) is 9.49. The molecule has 0 unspecified atom stereocenters. The molecule has 2 rings (SSSR count). The highest BCUT2D eigenvalue weighted by atomic mass is 19.1. The molecule has 0 aliphatic carbocycles. The van der Waals surface area contributed by atoms with Gasteiger partial charge in [-0.25, -0.2) is 18.4 Å². The van der Waals surface area contributed by atoms with E-state index in [0.717, 1.165) is 50.7 Å². The standard InChI is InChI=1S/C40H48F2N2O5/c1-3-5-6-7-8-9-10-11-12-13-14-15-16-17-18-19-20-21-22-23-38(45)43-28-29-44-40(47)49-37-27-24-32(30-35(37)39(46)48-4-2)34-26-25-33(41)31-36(34)42/h5-6,8-9,11-12,14-15,17-18,20-21,24-27,30-31H,3-4,7,10,13,16,19,22-23,28-29H2,1-2H3,(H,43,45)(H,44,47). The molecule has 0 saturated heterocycles. The van der Waals surface area contributed by atoms with Crippen LogP contribution in [0.15, 0.2) is 109 Å². The highest BCUT2D eigenvalue weighted by Gasteiger charge is 2.19. The highest BCUT2D eigenvalue weighted by molar-refractivity contribution is 5.95. The third kappa shape index (κ3) is 17.6. The normalized spacial score (nSPS) is 11.9. The number of carbonyl (C=O) groups excluding carboxylic acids is 3. The van der Waals surface area contributed by atoms with Gasteiger partial charge in [-0.3, -0.25) is 4.79 Å². The molecule has 0 aliphatic rings. The van der Waals surface area contributed by atoms with Gasteiger partial charge in [-0.15, -0.1) is 0 Å². The van der Waals surface area contributed by atoms with E-state index < -0.39 is 23.7 Å². The molecule has 0 aliphatic heterocycles. The van der Waals surface area contributed by atoms with Crippen LogP contribution in [0.4, 0.5) is 13.6 Å². The largest absolute Gasteiger partial charge is 0.462 e. The molecule has 0 fully saturated rings. The number of hydrogen-bond donors (Lipinski definition) is 2. The maximum absolute atomic E-state index is 14.3. The molecule has 0 saturated carbocycles. The van der Waals surface area contributed by atoms with Crippen molar-refractivity contribution in [1.82, 2.24) is 10.6 Å². The number of ether oxygens (including phenoxy) is 2. The minimum atomic E-state index is -0.849. The lowest BCUT2D eigenvalue weighted by Crippen LogP contribution is -2.36. The Morgan fingerprint density at radius 3 is 1.84 bits per heavy atom. The lowest BCUT2D eigenvalue weighted by Gasteiger charge is -2.13. The van der Waals surface area contributed by atoms with Crippen molar-refractivity contribution in [3.8, 4) is 16.9 Å². The van der Waals surface area contributed by atoms with Gasteiger partial charge in [0.2, 0.25) is 5.91 Å². The number of hydrogen-bond acceptors (Lipinski definition) is 5. The van der Waals surface area contributed by atoms with E-state index in [9.17, 15) is 23.2 Å². The average Bonchev–Trinajstić information content (AvgIpc) is 3.08. The second-order valence-electron chi connectivity index (χ2n) is 10.7. The summed E-state index contributed by atoms with van der Waals surface area (Å²) in [4.78, 5) is 37.0. The molecule has 262 valence electrons. The fourth-order valence-corrected chi connectivity index (χ4v) is 4.32. The summed E-state index contributed by atoms with van der Waals surface area (Å²) in [7, 11) is 0. The van der Waals surface area contributed by atoms with E-state index in [1.165, 1.54) is 24.3 Å². The van der Waals surface area contributed by atoms with E-state index in [4.69, 9.17) is 9.47 Å². The Morgan fingerprint density at radius 2 is 1.27 bits per heavy atom. The maximum atomic E-state index is 14.3. The summed E-state index contributed by atoms with van der Waals surface area (Å²) in [6.07, 6.45) is 31.3. The molecule has 49 heavy (non-hydrogen) atoms. The van der Waals surface area contributed by atoms with Gasteiger partial charge in [0.25, 0.3) is 0 Å². The maximum Gasteiger partial charge on any atom is 0.412 e. The fraction of sp³-hybridized carbons (Fsp3) is 0.325. The summed E-state index contributed by atoms with van der Waals surface area (Å²) in [5.41, 5.74) is 0.250. The summed E-state index contributed by atoms with van der Waals surface area (Å²) in [5.74, 6) is -2.55. The number of nitrogens with one attached hydrogen (secondary N) is 2. The first-order chi connectivity index (χ1) is 23.8. The fourth-order valence-electron chi connectivity index (χ4n) is 4.32. The van der Waals surface area contributed by atoms with Gasteiger partial charge < -0.3 is 20.1 Å². The molecule has 2 N–H and O–H groups in total. The number of carbonyl (C=O) groups is 3. The van der Waals surface area contributed by atoms with Gasteiger partial charge in [-0.05, 0) is 81.7 Å². The Hall–Kier alpha value is -5.05. The second-order valence-corrected chi connectivity index (χ2v) is 10.7. The Morgan fingerprint density at radius 1 is 0.694 bits per heavy atom. The molecule has 2 aromatic rings. The van der Waals surface area contributed by atoms with Gasteiger partial charge in [-0.1, -0.05) is 85.9 Å². The first kappa shape index (κ1) is 40.1. The molecule has 2 amide bonds. The van der Waals surface area contributed by atoms with Gasteiger partial charge in [0.1, 0.15) is 22.9 Å². The Kier molecular flexibility index (Phi) is 20.5. The number of amides is 2. The smallest absolute Gasteiger partial charge is 0.412 e. The number of esters is 1. The summed E-state index contributed by atoms with van der Waals surface area (Å²) < 4.78 is 38.0. The van der Waals surface area contributed by atoms with Crippen molar-refractivity contribution < 1.29 is 32.6 Å².